The number of rotatable bonds is 3. The molecule has 3 aromatic heterocycles. The van der Waals surface area contributed by atoms with Crippen LogP contribution in [0.1, 0.15) is 11.7 Å². The number of nitrogens with zero attached hydrogens (tertiary/aromatic N) is 6. The van der Waals surface area contributed by atoms with Crippen molar-refractivity contribution in [3.63, 3.8) is 0 Å². The molecule has 22 heavy (non-hydrogen) atoms. The van der Waals surface area contributed by atoms with Crippen molar-refractivity contribution in [2.24, 2.45) is 19.8 Å². The zero-order valence-corrected chi connectivity index (χ0v) is 12.7. The van der Waals surface area contributed by atoms with E-state index in [2.05, 4.69) is 15.1 Å². The second kappa shape index (κ2) is 5.73. The van der Waals surface area contributed by atoms with Gasteiger partial charge in [0.15, 0.2) is 17.0 Å². The van der Waals surface area contributed by atoms with Crippen LogP contribution in [0.2, 0.25) is 0 Å². The number of imidazole rings is 1. The molecule has 0 aliphatic rings. The van der Waals surface area contributed by atoms with Gasteiger partial charge in [-0.2, -0.15) is 4.98 Å². The maximum atomic E-state index is 12.2. The van der Waals surface area contributed by atoms with Gasteiger partial charge in [0.05, 0.1) is 19.4 Å². The fourth-order valence-electron chi connectivity index (χ4n) is 2.11. The molecule has 0 bridgehead atoms. The Kier molecular flexibility index (Phi) is 4.15. The smallest absolute Gasteiger partial charge is 0.332 e. The summed E-state index contributed by atoms with van der Waals surface area (Å²) in [4.78, 5) is 32.3. The number of aryl methyl sites for hydroxylation is 1. The first-order chi connectivity index (χ1) is 10.0. The molecule has 2 N–H and O–H groups in total. The first-order valence-electron chi connectivity index (χ1n) is 6.15. The Morgan fingerprint density at radius 3 is 2.64 bits per heavy atom. The van der Waals surface area contributed by atoms with Gasteiger partial charge in [0.2, 0.25) is 5.89 Å². The molecule has 0 aliphatic heterocycles. The van der Waals surface area contributed by atoms with Crippen LogP contribution in [-0.4, -0.2) is 28.8 Å². The van der Waals surface area contributed by atoms with Crippen LogP contribution >= 0.6 is 12.4 Å². The standard InChI is InChI=1S/C11H13N7O3.ClH/c1-16-9-8(10(19)17(2)11(16)20)18(5-13-9)4-6-14-7(3-12)21-15-6;/h5H,3-4,12H2,1-2H3;1H. The van der Waals surface area contributed by atoms with Crippen LogP contribution in [0.25, 0.3) is 11.2 Å². The Labute approximate surface area is 129 Å². The van der Waals surface area contributed by atoms with Gasteiger partial charge in [0.1, 0.15) is 0 Å². The summed E-state index contributed by atoms with van der Waals surface area (Å²) < 4.78 is 8.83. The Morgan fingerprint density at radius 2 is 2.00 bits per heavy atom. The summed E-state index contributed by atoms with van der Waals surface area (Å²) in [5.74, 6) is 0.695. The minimum absolute atomic E-state index is 0. The van der Waals surface area contributed by atoms with Crippen molar-refractivity contribution >= 4 is 23.6 Å². The van der Waals surface area contributed by atoms with E-state index < -0.39 is 11.2 Å². The van der Waals surface area contributed by atoms with E-state index in [1.807, 2.05) is 0 Å². The molecule has 0 fully saturated rings. The summed E-state index contributed by atoms with van der Waals surface area (Å²) in [6.45, 7) is 0.349. The molecule has 0 radical (unpaired) electrons. The molecule has 0 aliphatic carbocycles. The molecule has 0 amide bonds. The van der Waals surface area contributed by atoms with Gasteiger partial charge in [-0.25, -0.2) is 9.78 Å². The maximum Gasteiger partial charge on any atom is 0.332 e. The fraction of sp³-hybridized carbons (Fsp3) is 0.364. The van der Waals surface area contributed by atoms with Gasteiger partial charge in [-0.05, 0) is 0 Å². The second-order valence-electron chi connectivity index (χ2n) is 4.56. The van der Waals surface area contributed by atoms with E-state index in [0.717, 1.165) is 4.57 Å². The first-order valence-corrected chi connectivity index (χ1v) is 6.15. The average molecular weight is 328 g/mol. The predicted molar refractivity (Wildman–Crippen MR) is 78.8 cm³/mol. The Balaban J connectivity index is 0.00000176. The molecular weight excluding hydrogens is 314 g/mol. The molecule has 3 rings (SSSR count). The van der Waals surface area contributed by atoms with Crippen LogP contribution in [0.5, 0.6) is 0 Å². The minimum atomic E-state index is -0.428. The van der Waals surface area contributed by atoms with E-state index in [1.54, 1.807) is 11.6 Å². The minimum Gasteiger partial charge on any atom is -0.338 e. The molecule has 0 atom stereocenters. The zero-order chi connectivity index (χ0) is 15.1. The largest absolute Gasteiger partial charge is 0.338 e. The summed E-state index contributed by atoms with van der Waals surface area (Å²) in [5, 5.41) is 3.77. The van der Waals surface area contributed by atoms with Gasteiger partial charge in [-0.3, -0.25) is 13.9 Å². The highest BCUT2D eigenvalue weighted by atomic mass is 35.5. The molecule has 11 heteroatoms. The van der Waals surface area contributed by atoms with Gasteiger partial charge in [-0.1, -0.05) is 5.16 Å². The lowest BCUT2D eigenvalue weighted by Crippen LogP contribution is -2.37. The lowest BCUT2D eigenvalue weighted by Gasteiger charge is -2.04. The third-order valence-corrected chi connectivity index (χ3v) is 3.21. The molecule has 3 aromatic rings. The third kappa shape index (κ3) is 2.31. The van der Waals surface area contributed by atoms with E-state index in [-0.39, 0.29) is 25.5 Å². The average Bonchev–Trinajstić information content (AvgIpc) is 3.10. The third-order valence-electron chi connectivity index (χ3n) is 3.21. The summed E-state index contributed by atoms with van der Waals surface area (Å²) in [6.07, 6.45) is 1.46. The van der Waals surface area contributed by atoms with Crippen molar-refractivity contribution in [1.29, 1.82) is 0 Å². The molecule has 0 spiro atoms. The topological polar surface area (TPSA) is 127 Å². The summed E-state index contributed by atoms with van der Waals surface area (Å²) in [5.41, 5.74) is 5.16. The highest BCUT2D eigenvalue weighted by molar-refractivity contribution is 5.85. The van der Waals surface area contributed by atoms with Crippen LogP contribution in [0.4, 0.5) is 0 Å². The maximum absolute atomic E-state index is 12.2. The zero-order valence-electron chi connectivity index (χ0n) is 11.9. The Bertz CT molecular complexity index is 935. The summed E-state index contributed by atoms with van der Waals surface area (Å²) in [7, 11) is 2.98. The van der Waals surface area contributed by atoms with Gasteiger partial charge in [0, 0.05) is 14.1 Å². The van der Waals surface area contributed by atoms with E-state index in [9.17, 15) is 9.59 Å². The van der Waals surface area contributed by atoms with Crippen LogP contribution in [0.15, 0.2) is 20.4 Å². The van der Waals surface area contributed by atoms with E-state index in [0.29, 0.717) is 22.9 Å². The highest BCUT2D eigenvalue weighted by Crippen LogP contribution is 2.07. The van der Waals surface area contributed by atoms with Gasteiger partial charge >= 0.3 is 5.69 Å². The summed E-state index contributed by atoms with van der Waals surface area (Å²) in [6, 6.07) is 0. The van der Waals surface area contributed by atoms with Crippen LogP contribution in [0, 0.1) is 0 Å². The van der Waals surface area contributed by atoms with Crippen molar-refractivity contribution in [1.82, 2.24) is 28.8 Å². The van der Waals surface area contributed by atoms with Crippen molar-refractivity contribution in [2.75, 3.05) is 0 Å². The van der Waals surface area contributed by atoms with Crippen LogP contribution in [-0.2, 0) is 27.2 Å². The highest BCUT2D eigenvalue weighted by Gasteiger charge is 2.15. The first kappa shape index (κ1) is 15.9. The molecule has 0 unspecified atom stereocenters. The van der Waals surface area contributed by atoms with Crippen molar-refractivity contribution in [3.8, 4) is 0 Å². The van der Waals surface area contributed by atoms with E-state index in [4.69, 9.17) is 10.3 Å². The lowest BCUT2D eigenvalue weighted by atomic mass is 10.4. The molecule has 0 aromatic carbocycles. The number of fused-ring (bicyclic) bond motifs is 1. The molecule has 118 valence electrons. The van der Waals surface area contributed by atoms with Crippen molar-refractivity contribution in [3.05, 3.63) is 38.9 Å². The number of aromatic nitrogens is 6. The van der Waals surface area contributed by atoms with Gasteiger partial charge in [-0.15, -0.1) is 12.4 Å². The van der Waals surface area contributed by atoms with E-state index in [1.165, 1.54) is 17.9 Å². The second-order valence-corrected chi connectivity index (χ2v) is 4.56. The molecule has 0 saturated heterocycles. The number of nitrogens with two attached hydrogens (primary N) is 1. The van der Waals surface area contributed by atoms with Crippen LogP contribution in [0.3, 0.4) is 0 Å². The molecule has 10 nitrogen and oxygen atoms in total. The number of hydrogen-bond acceptors (Lipinski definition) is 7. The van der Waals surface area contributed by atoms with Gasteiger partial charge < -0.3 is 14.8 Å². The SMILES string of the molecule is Cl.Cn1c(=O)c2c(ncn2Cc2noc(CN)n2)n(C)c1=O. The molecular formula is C11H14ClN7O3. The fourth-order valence-corrected chi connectivity index (χ4v) is 2.11. The van der Waals surface area contributed by atoms with Crippen molar-refractivity contribution < 1.29 is 4.52 Å². The summed E-state index contributed by atoms with van der Waals surface area (Å²) >= 11 is 0. The number of halogens is 1. The molecule has 3 heterocycles. The monoisotopic (exact) mass is 327 g/mol. The Morgan fingerprint density at radius 1 is 1.27 bits per heavy atom. The van der Waals surface area contributed by atoms with E-state index >= 15 is 0 Å². The Hall–Kier alpha value is -2.46. The van der Waals surface area contributed by atoms with Gasteiger partial charge in [0.25, 0.3) is 5.56 Å². The van der Waals surface area contributed by atoms with Crippen LogP contribution < -0.4 is 17.0 Å². The molecule has 0 saturated carbocycles. The van der Waals surface area contributed by atoms with Crippen molar-refractivity contribution in [2.45, 2.75) is 13.1 Å². The normalized spacial score (nSPS) is 10.9. The lowest BCUT2D eigenvalue weighted by molar-refractivity contribution is 0.373. The number of hydrogen-bond donors (Lipinski definition) is 1. The quantitative estimate of drug-likeness (QED) is 0.636. The predicted octanol–water partition coefficient (Wildman–Crippen LogP) is -1.25.